The molecule has 2 aromatic carbocycles. The summed E-state index contributed by atoms with van der Waals surface area (Å²) in [6.45, 7) is 2.16. The van der Waals surface area contributed by atoms with E-state index in [-0.39, 0.29) is 11.3 Å². The van der Waals surface area contributed by atoms with Crippen LogP contribution in [0, 0.1) is 17.0 Å². The number of rotatable bonds is 5. The van der Waals surface area contributed by atoms with E-state index in [0.717, 1.165) is 5.56 Å². The van der Waals surface area contributed by atoms with Gasteiger partial charge in [0.15, 0.2) is 0 Å². The van der Waals surface area contributed by atoms with E-state index in [1.54, 1.807) is 13.0 Å². The number of primary amides is 1. The minimum Gasteiger partial charge on any atom is -0.363 e. The number of hydrogen-bond donors (Lipinski definition) is 1. The molecule has 0 aliphatic heterocycles. The third-order valence-electron chi connectivity index (χ3n) is 4.15. The Labute approximate surface area is 142 Å². The SMILES string of the molecule is Cc1c(C(=O)C(N)=O)c2cc([N+](=O)[O-])ccc2n1Cc1ccccc1. The van der Waals surface area contributed by atoms with E-state index in [9.17, 15) is 19.7 Å². The zero-order valence-electron chi connectivity index (χ0n) is 13.4. The molecule has 0 aliphatic rings. The Kier molecular flexibility index (Phi) is 4.06. The lowest BCUT2D eigenvalue weighted by Gasteiger charge is -2.08. The van der Waals surface area contributed by atoms with Gasteiger partial charge in [-0.15, -0.1) is 0 Å². The number of hydrogen-bond acceptors (Lipinski definition) is 4. The average molecular weight is 337 g/mol. The van der Waals surface area contributed by atoms with Crippen molar-refractivity contribution in [2.45, 2.75) is 13.5 Å². The molecule has 0 saturated carbocycles. The van der Waals surface area contributed by atoms with Gasteiger partial charge in [0.1, 0.15) is 0 Å². The molecule has 3 aromatic rings. The number of carbonyl (C=O) groups excluding carboxylic acids is 2. The summed E-state index contributed by atoms with van der Waals surface area (Å²) in [4.78, 5) is 34.2. The van der Waals surface area contributed by atoms with Gasteiger partial charge in [-0.25, -0.2) is 0 Å². The van der Waals surface area contributed by atoms with Crippen LogP contribution in [-0.4, -0.2) is 21.2 Å². The number of aromatic nitrogens is 1. The Bertz CT molecular complexity index is 1010. The van der Waals surface area contributed by atoms with Crippen LogP contribution in [0.25, 0.3) is 10.9 Å². The molecule has 0 bridgehead atoms. The molecule has 0 fully saturated rings. The van der Waals surface area contributed by atoms with Crippen LogP contribution in [0.1, 0.15) is 21.6 Å². The van der Waals surface area contributed by atoms with Crippen LogP contribution >= 0.6 is 0 Å². The van der Waals surface area contributed by atoms with Gasteiger partial charge in [-0.05, 0) is 18.6 Å². The topological polar surface area (TPSA) is 108 Å². The lowest BCUT2D eigenvalue weighted by molar-refractivity contribution is -0.384. The third-order valence-corrected chi connectivity index (χ3v) is 4.15. The summed E-state index contributed by atoms with van der Waals surface area (Å²) in [5.74, 6) is -1.94. The largest absolute Gasteiger partial charge is 0.363 e. The van der Waals surface area contributed by atoms with Crippen molar-refractivity contribution < 1.29 is 14.5 Å². The van der Waals surface area contributed by atoms with Crippen molar-refractivity contribution in [2.24, 2.45) is 5.73 Å². The van der Waals surface area contributed by atoms with Gasteiger partial charge in [0.05, 0.1) is 10.5 Å². The van der Waals surface area contributed by atoms with E-state index in [1.807, 2.05) is 34.9 Å². The predicted octanol–water partition coefficient (Wildman–Crippen LogP) is 2.57. The molecular formula is C18H15N3O4. The van der Waals surface area contributed by atoms with Gasteiger partial charge < -0.3 is 10.3 Å². The fourth-order valence-electron chi connectivity index (χ4n) is 2.96. The molecule has 1 amide bonds. The van der Waals surface area contributed by atoms with Crippen molar-refractivity contribution in [3.8, 4) is 0 Å². The van der Waals surface area contributed by atoms with Gasteiger partial charge in [0, 0.05) is 35.3 Å². The molecule has 7 heteroatoms. The number of nitro groups is 1. The molecule has 126 valence electrons. The minimum absolute atomic E-state index is 0.113. The number of non-ortho nitro benzene ring substituents is 1. The molecule has 1 heterocycles. The molecule has 0 saturated heterocycles. The molecule has 25 heavy (non-hydrogen) atoms. The van der Waals surface area contributed by atoms with Gasteiger partial charge >= 0.3 is 0 Å². The fraction of sp³-hybridized carbons (Fsp3) is 0.111. The first-order valence-electron chi connectivity index (χ1n) is 7.55. The number of benzene rings is 2. The number of fused-ring (bicyclic) bond motifs is 1. The Morgan fingerprint density at radius 1 is 1.16 bits per heavy atom. The molecule has 0 unspecified atom stereocenters. The summed E-state index contributed by atoms with van der Waals surface area (Å²) in [6, 6.07) is 13.8. The van der Waals surface area contributed by atoms with E-state index in [2.05, 4.69) is 0 Å². The highest BCUT2D eigenvalue weighted by atomic mass is 16.6. The zero-order chi connectivity index (χ0) is 18.1. The summed E-state index contributed by atoms with van der Waals surface area (Å²) < 4.78 is 1.85. The van der Waals surface area contributed by atoms with Crippen molar-refractivity contribution in [2.75, 3.05) is 0 Å². The molecular weight excluding hydrogens is 322 g/mol. The van der Waals surface area contributed by atoms with Crippen molar-refractivity contribution in [1.29, 1.82) is 0 Å². The molecule has 0 aliphatic carbocycles. The Balaban J connectivity index is 2.26. The van der Waals surface area contributed by atoms with Crippen molar-refractivity contribution in [1.82, 2.24) is 4.57 Å². The predicted molar refractivity (Wildman–Crippen MR) is 92.4 cm³/mol. The van der Waals surface area contributed by atoms with E-state index in [4.69, 9.17) is 5.73 Å². The van der Waals surface area contributed by atoms with Crippen LogP contribution < -0.4 is 5.73 Å². The molecule has 7 nitrogen and oxygen atoms in total. The maximum Gasteiger partial charge on any atom is 0.289 e. The molecule has 0 spiro atoms. The molecule has 1 aromatic heterocycles. The number of nitro benzene ring substituents is 1. The number of nitrogens with two attached hydrogens (primary N) is 1. The van der Waals surface area contributed by atoms with Crippen LogP contribution in [0.5, 0.6) is 0 Å². The number of carbonyl (C=O) groups is 2. The fourth-order valence-corrected chi connectivity index (χ4v) is 2.96. The Hall–Kier alpha value is -3.48. The number of amides is 1. The molecule has 0 radical (unpaired) electrons. The third kappa shape index (κ3) is 2.87. The molecule has 3 rings (SSSR count). The monoisotopic (exact) mass is 337 g/mol. The lowest BCUT2D eigenvalue weighted by atomic mass is 10.1. The van der Waals surface area contributed by atoms with Crippen molar-refractivity contribution in [3.05, 3.63) is 75.5 Å². The zero-order valence-corrected chi connectivity index (χ0v) is 13.4. The molecule has 2 N–H and O–H groups in total. The standard InChI is InChI=1S/C18H15N3O4/c1-11-16(17(22)18(19)23)14-9-13(21(24)25)7-8-15(14)20(11)10-12-5-3-2-4-6-12/h2-9H,10H2,1H3,(H2,19,23). The first kappa shape index (κ1) is 16.4. The summed E-state index contributed by atoms with van der Waals surface area (Å²) in [7, 11) is 0. The number of Topliss-reactive ketones (excluding diaryl/α,β-unsaturated/α-hetero) is 1. The van der Waals surface area contributed by atoms with E-state index in [1.165, 1.54) is 12.1 Å². The normalized spacial score (nSPS) is 10.8. The quantitative estimate of drug-likeness (QED) is 0.334. The summed E-state index contributed by atoms with van der Waals surface area (Å²) in [5, 5.41) is 11.4. The van der Waals surface area contributed by atoms with Crippen LogP contribution in [0.3, 0.4) is 0 Å². The van der Waals surface area contributed by atoms with Crippen LogP contribution in [0.2, 0.25) is 0 Å². The van der Waals surface area contributed by atoms with Gasteiger partial charge in [-0.1, -0.05) is 30.3 Å². The van der Waals surface area contributed by atoms with E-state index >= 15 is 0 Å². The first-order chi connectivity index (χ1) is 11.9. The highest BCUT2D eigenvalue weighted by Gasteiger charge is 2.25. The summed E-state index contributed by atoms with van der Waals surface area (Å²) in [6.07, 6.45) is 0. The highest BCUT2D eigenvalue weighted by molar-refractivity contribution is 6.45. The summed E-state index contributed by atoms with van der Waals surface area (Å²) >= 11 is 0. The smallest absolute Gasteiger partial charge is 0.289 e. The number of nitrogens with zero attached hydrogens (tertiary/aromatic N) is 2. The van der Waals surface area contributed by atoms with Crippen molar-refractivity contribution >= 4 is 28.3 Å². The Morgan fingerprint density at radius 3 is 2.44 bits per heavy atom. The first-order valence-corrected chi connectivity index (χ1v) is 7.55. The lowest BCUT2D eigenvalue weighted by Crippen LogP contribution is -2.23. The minimum atomic E-state index is -1.09. The Morgan fingerprint density at radius 2 is 1.84 bits per heavy atom. The summed E-state index contributed by atoms with van der Waals surface area (Å²) in [5.41, 5.74) is 7.30. The van der Waals surface area contributed by atoms with Crippen LogP contribution in [0.4, 0.5) is 5.69 Å². The van der Waals surface area contributed by atoms with Gasteiger partial charge in [-0.2, -0.15) is 0 Å². The maximum absolute atomic E-state index is 12.3. The van der Waals surface area contributed by atoms with Gasteiger partial charge in [0.25, 0.3) is 17.4 Å². The number of ketones is 1. The highest BCUT2D eigenvalue weighted by Crippen LogP contribution is 2.30. The second-order valence-electron chi connectivity index (χ2n) is 5.68. The molecule has 0 atom stereocenters. The second-order valence-corrected chi connectivity index (χ2v) is 5.68. The maximum atomic E-state index is 12.3. The van der Waals surface area contributed by atoms with Crippen molar-refractivity contribution in [3.63, 3.8) is 0 Å². The van der Waals surface area contributed by atoms with Gasteiger partial charge in [-0.3, -0.25) is 19.7 Å². The second kappa shape index (κ2) is 6.20. The van der Waals surface area contributed by atoms with E-state index < -0.39 is 16.6 Å². The van der Waals surface area contributed by atoms with Crippen LogP contribution in [0.15, 0.2) is 48.5 Å². The average Bonchev–Trinajstić information content (AvgIpc) is 2.86. The van der Waals surface area contributed by atoms with Crippen LogP contribution in [-0.2, 0) is 11.3 Å². The van der Waals surface area contributed by atoms with E-state index in [0.29, 0.717) is 23.1 Å². The van der Waals surface area contributed by atoms with Gasteiger partial charge in [0.2, 0.25) is 0 Å².